The summed E-state index contributed by atoms with van der Waals surface area (Å²) < 4.78 is 20.1. The van der Waals surface area contributed by atoms with Gasteiger partial charge in [0.1, 0.15) is 5.82 Å². The van der Waals surface area contributed by atoms with E-state index in [0.29, 0.717) is 18.1 Å². The minimum atomic E-state index is -0.251. The number of rotatable bonds is 6. The van der Waals surface area contributed by atoms with Crippen LogP contribution >= 0.6 is 15.9 Å². The molecule has 1 aromatic heterocycles. The topological polar surface area (TPSA) is 47.0 Å². The molecule has 1 heterocycles. The molecule has 0 aliphatic carbocycles. The molecule has 0 radical (unpaired) electrons. The second-order valence-electron chi connectivity index (χ2n) is 6.28. The van der Waals surface area contributed by atoms with Gasteiger partial charge in [-0.15, -0.1) is 0 Å². The number of aromatic nitrogens is 2. The quantitative estimate of drug-likeness (QED) is 0.402. The van der Waals surface area contributed by atoms with Crippen molar-refractivity contribution in [2.75, 3.05) is 5.32 Å². The summed E-state index contributed by atoms with van der Waals surface area (Å²) in [6.45, 7) is 0.620. The lowest BCUT2D eigenvalue weighted by molar-refractivity contribution is 0.105. The Morgan fingerprint density at radius 2 is 1.79 bits per heavy atom. The molecule has 0 aliphatic heterocycles. The maximum atomic E-state index is 13.6. The molecule has 0 atom stereocenters. The van der Waals surface area contributed by atoms with Gasteiger partial charge in [-0.3, -0.25) is 0 Å². The summed E-state index contributed by atoms with van der Waals surface area (Å²) in [5.74, 6) is 0.279. The second-order valence-corrected chi connectivity index (χ2v) is 7.13. The smallest absolute Gasteiger partial charge is 0.227 e. The van der Waals surface area contributed by atoms with Crippen molar-refractivity contribution in [3.8, 4) is 0 Å². The van der Waals surface area contributed by atoms with Crippen molar-refractivity contribution < 1.29 is 9.13 Å². The molecular weight excluding hydrogens is 421 g/mol. The van der Waals surface area contributed by atoms with Crippen LogP contribution in [0.3, 0.4) is 0 Å². The van der Waals surface area contributed by atoms with Crippen LogP contribution in [0.15, 0.2) is 77.4 Å². The minimum Gasteiger partial charge on any atom is -0.372 e. The van der Waals surface area contributed by atoms with E-state index in [-0.39, 0.29) is 12.4 Å². The first-order chi connectivity index (χ1) is 13.7. The van der Waals surface area contributed by atoms with Gasteiger partial charge in [0, 0.05) is 21.6 Å². The summed E-state index contributed by atoms with van der Waals surface area (Å²) in [5, 5.41) is 4.22. The highest BCUT2D eigenvalue weighted by molar-refractivity contribution is 9.10. The fourth-order valence-corrected chi connectivity index (χ4v) is 3.32. The van der Waals surface area contributed by atoms with Gasteiger partial charge in [0.25, 0.3) is 0 Å². The van der Waals surface area contributed by atoms with Crippen molar-refractivity contribution in [2.24, 2.45) is 0 Å². The van der Waals surface area contributed by atoms with E-state index >= 15 is 0 Å². The molecule has 1 N–H and O–H groups in total. The lowest BCUT2D eigenvalue weighted by atomic mass is 10.2. The van der Waals surface area contributed by atoms with Crippen LogP contribution in [-0.4, -0.2) is 9.97 Å². The molecular formula is C22H17BrFN3O. The molecule has 6 heteroatoms. The third-order valence-corrected chi connectivity index (χ3v) is 4.91. The van der Waals surface area contributed by atoms with Crippen molar-refractivity contribution in [1.82, 2.24) is 9.97 Å². The van der Waals surface area contributed by atoms with Gasteiger partial charge in [-0.05, 0) is 45.8 Å². The number of para-hydroxylation sites is 1. The SMILES string of the molecule is Fc1ccccc1COCc1ccc(Nc2ncc3ccccc3n2)c(Br)c1. The van der Waals surface area contributed by atoms with Gasteiger partial charge in [0.15, 0.2) is 0 Å². The Hall–Kier alpha value is -2.83. The van der Waals surface area contributed by atoms with Gasteiger partial charge < -0.3 is 10.1 Å². The van der Waals surface area contributed by atoms with E-state index < -0.39 is 0 Å². The van der Waals surface area contributed by atoms with Crippen LogP contribution in [0, 0.1) is 5.82 Å². The average molecular weight is 438 g/mol. The first kappa shape index (κ1) is 18.5. The van der Waals surface area contributed by atoms with Crippen molar-refractivity contribution in [2.45, 2.75) is 13.2 Å². The van der Waals surface area contributed by atoms with Gasteiger partial charge in [-0.25, -0.2) is 14.4 Å². The van der Waals surface area contributed by atoms with Crippen LogP contribution in [0.1, 0.15) is 11.1 Å². The van der Waals surface area contributed by atoms with Crippen LogP contribution in [0.25, 0.3) is 10.9 Å². The molecule has 0 fully saturated rings. The lowest BCUT2D eigenvalue weighted by Gasteiger charge is -2.10. The predicted octanol–water partition coefficient (Wildman–Crippen LogP) is 5.99. The normalized spacial score (nSPS) is 10.9. The molecule has 0 saturated heterocycles. The highest BCUT2D eigenvalue weighted by Gasteiger charge is 2.06. The maximum Gasteiger partial charge on any atom is 0.227 e. The van der Waals surface area contributed by atoms with Crippen molar-refractivity contribution in [3.05, 3.63) is 94.3 Å². The van der Waals surface area contributed by atoms with Gasteiger partial charge in [-0.2, -0.15) is 0 Å². The van der Waals surface area contributed by atoms with Crippen LogP contribution in [-0.2, 0) is 18.0 Å². The lowest BCUT2D eigenvalue weighted by Crippen LogP contribution is -1.99. The molecule has 28 heavy (non-hydrogen) atoms. The summed E-state index contributed by atoms with van der Waals surface area (Å²) in [5.41, 5.74) is 3.27. The molecule has 0 saturated carbocycles. The zero-order valence-electron chi connectivity index (χ0n) is 14.9. The molecule has 4 aromatic rings. The van der Waals surface area contributed by atoms with Crippen LogP contribution < -0.4 is 5.32 Å². The summed E-state index contributed by atoms with van der Waals surface area (Å²) in [7, 11) is 0. The highest BCUT2D eigenvalue weighted by atomic mass is 79.9. The first-order valence-electron chi connectivity index (χ1n) is 8.77. The number of hydrogen-bond acceptors (Lipinski definition) is 4. The van der Waals surface area contributed by atoms with Gasteiger partial charge in [-0.1, -0.05) is 42.5 Å². The van der Waals surface area contributed by atoms with E-state index in [2.05, 4.69) is 31.2 Å². The molecule has 4 rings (SSSR count). The summed E-state index contributed by atoms with van der Waals surface area (Å²) in [6.07, 6.45) is 1.80. The van der Waals surface area contributed by atoms with Crippen molar-refractivity contribution >= 4 is 38.5 Å². The Bertz CT molecular complexity index is 1120. The Morgan fingerprint density at radius 3 is 2.64 bits per heavy atom. The fourth-order valence-electron chi connectivity index (χ4n) is 2.80. The molecule has 0 spiro atoms. The average Bonchev–Trinajstić information content (AvgIpc) is 2.71. The third kappa shape index (κ3) is 4.35. The number of hydrogen-bond donors (Lipinski definition) is 1. The van der Waals surface area contributed by atoms with Crippen LogP contribution in [0.2, 0.25) is 0 Å². The number of ether oxygens (including phenoxy) is 1. The maximum absolute atomic E-state index is 13.6. The molecule has 3 aromatic carbocycles. The van der Waals surface area contributed by atoms with Gasteiger partial charge >= 0.3 is 0 Å². The number of benzene rings is 3. The van der Waals surface area contributed by atoms with Crippen molar-refractivity contribution in [1.29, 1.82) is 0 Å². The van der Waals surface area contributed by atoms with E-state index in [0.717, 1.165) is 26.6 Å². The van der Waals surface area contributed by atoms with E-state index in [1.807, 2.05) is 42.5 Å². The number of halogens is 2. The number of fused-ring (bicyclic) bond motifs is 1. The predicted molar refractivity (Wildman–Crippen MR) is 112 cm³/mol. The number of anilines is 2. The number of nitrogens with zero attached hydrogens (tertiary/aromatic N) is 2. The summed E-state index contributed by atoms with van der Waals surface area (Å²) >= 11 is 3.57. The zero-order chi connectivity index (χ0) is 19.3. The molecule has 0 bridgehead atoms. The second kappa shape index (κ2) is 8.46. The Balaban J connectivity index is 1.41. The molecule has 0 aliphatic rings. The minimum absolute atomic E-state index is 0.231. The monoisotopic (exact) mass is 437 g/mol. The van der Waals surface area contributed by atoms with Gasteiger partial charge in [0.05, 0.1) is 24.4 Å². The van der Waals surface area contributed by atoms with Crippen LogP contribution in [0.4, 0.5) is 16.0 Å². The van der Waals surface area contributed by atoms with E-state index in [1.165, 1.54) is 6.07 Å². The molecule has 0 amide bonds. The largest absolute Gasteiger partial charge is 0.372 e. The van der Waals surface area contributed by atoms with E-state index in [1.54, 1.807) is 24.4 Å². The van der Waals surface area contributed by atoms with E-state index in [9.17, 15) is 4.39 Å². The first-order valence-corrected chi connectivity index (χ1v) is 9.57. The highest BCUT2D eigenvalue weighted by Crippen LogP contribution is 2.27. The van der Waals surface area contributed by atoms with Gasteiger partial charge in [0.2, 0.25) is 5.95 Å². The summed E-state index contributed by atoms with van der Waals surface area (Å²) in [4.78, 5) is 8.88. The van der Waals surface area contributed by atoms with Crippen LogP contribution in [0.5, 0.6) is 0 Å². The van der Waals surface area contributed by atoms with Crippen molar-refractivity contribution in [3.63, 3.8) is 0 Å². The molecule has 0 unspecified atom stereocenters. The number of nitrogens with one attached hydrogen (secondary N) is 1. The summed E-state index contributed by atoms with van der Waals surface area (Å²) in [6, 6.07) is 20.3. The fraction of sp³-hybridized carbons (Fsp3) is 0.0909. The Kier molecular flexibility index (Phi) is 5.60. The molecule has 4 nitrogen and oxygen atoms in total. The Labute approximate surface area is 170 Å². The standard InChI is InChI=1S/C22H17BrFN3O/c23-18-11-15(13-28-14-17-6-1-3-7-19(17)24)9-10-21(18)27-22-25-12-16-5-2-4-8-20(16)26-22/h1-12H,13-14H2,(H,25,26,27). The zero-order valence-corrected chi connectivity index (χ0v) is 16.5. The Morgan fingerprint density at radius 1 is 0.964 bits per heavy atom. The third-order valence-electron chi connectivity index (χ3n) is 4.25. The molecule has 140 valence electrons. The van der Waals surface area contributed by atoms with E-state index in [4.69, 9.17) is 4.74 Å².